The van der Waals surface area contributed by atoms with Gasteiger partial charge in [-0.15, -0.1) is 11.8 Å². The molecule has 6 rings (SSSR count). The molecule has 2 aromatic heterocycles. The summed E-state index contributed by atoms with van der Waals surface area (Å²) < 4.78 is 76.0. The number of nitrogens with zero attached hydrogens (tertiary/aromatic N) is 4. The predicted octanol–water partition coefficient (Wildman–Crippen LogP) is 4.42. The van der Waals surface area contributed by atoms with E-state index in [2.05, 4.69) is 21.5 Å². The highest BCUT2D eigenvalue weighted by Crippen LogP contribution is 2.51. The largest absolute Gasteiger partial charge is 0.417 e. The second-order valence-corrected chi connectivity index (χ2v) is 11.1. The van der Waals surface area contributed by atoms with Gasteiger partial charge in [-0.05, 0) is 18.6 Å². The van der Waals surface area contributed by atoms with E-state index < -0.39 is 63.0 Å². The molecule has 2 aliphatic rings. The van der Waals surface area contributed by atoms with E-state index in [0.29, 0.717) is 12.5 Å². The number of H-pyrrole nitrogens is 2. The lowest BCUT2D eigenvalue weighted by Crippen LogP contribution is -2.49. The molecule has 0 saturated carbocycles. The fourth-order valence-electron chi connectivity index (χ4n) is 5.74. The molecule has 1 amide bonds. The van der Waals surface area contributed by atoms with Crippen LogP contribution in [0.5, 0.6) is 0 Å². The molecule has 4 aromatic rings. The van der Waals surface area contributed by atoms with E-state index >= 15 is 4.39 Å². The lowest BCUT2D eigenvalue weighted by molar-refractivity contribution is -0.137. The topological polar surface area (TPSA) is 107 Å². The van der Waals surface area contributed by atoms with Gasteiger partial charge in [0, 0.05) is 65.4 Å². The molecule has 0 aliphatic carbocycles. The van der Waals surface area contributed by atoms with E-state index in [1.807, 2.05) is 6.92 Å². The lowest BCUT2D eigenvalue weighted by atomic mass is 9.94. The Kier molecular flexibility index (Phi) is 6.66. The fourth-order valence-corrected chi connectivity index (χ4v) is 7.19. The van der Waals surface area contributed by atoms with Crippen molar-refractivity contribution >= 4 is 45.4 Å². The zero-order chi connectivity index (χ0) is 30.1. The molecule has 0 spiro atoms. The zero-order valence-corrected chi connectivity index (χ0v) is 22.9. The molecule has 0 unspecified atom stereocenters. The maximum absolute atomic E-state index is 15.5. The number of hydrogen-bond acceptors (Lipinski definition) is 6. The number of halogens is 5. The first-order valence-corrected chi connectivity index (χ1v) is 14.0. The molecule has 9 nitrogen and oxygen atoms in total. The summed E-state index contributed by atoms with van der Waals surface area (Å²) in [6.45, 7) is 6.18. The number of alkyl halides is 3. The Morgan fingerprint density at radius 2 is 1.79 bits per heavy atom. The third-order valence-electron chi connectivity index (χ3n) is 7.73. The van der Waals surface area contributed by atoms with Crippen molar-refractivity contribution < 1.29 is 26.7 Å². The minimum atomic E-state index is -5.01. The molecule has 1 atom stereocenters. The minimum absolute atomic E-state index is 0.0207. The monoisotopic (exact) mass is 606 g/mol. The number of piperazine rings is 1. The number of carbonyl (C=O) groups excluding carboxylic acids is 1. The van der Waals surface area contributed by atoms with Gasteiger partial charge in [0.25, 0.3) is 0 Å². The molecule has 0 radical (unpaired) electrons. The van der Waals surface area contributed by atoms with Crippen LogP contribution in [0, 0.1) is 11.6 Å². The van der Waals surface area contributed by atoms with Crippen LogP contribution in [-0.4, -0.2) is 62.3 Å². The number of nitrogens with one attached hydrogen (secondary N) is 2. The molecular formula is C27H23F5N6O3S. The molecule has 2 aromatic carbocycles. The normalized spacial score (nSPS) is 17.3. The Balaban J connectivity index is 1.70. The van der Waals surface area contributed by atoms with E-state index in [1.165, 1.54) is 15.5 Å². The minimum Gasteiger partial charge on any atom is -0.352 e. The first-order chi connectivity index (χ1) is 19.9. The first-order valence-electron chi connectivity index (χ1n) is 13.0. The highest BCUT2D eigenvalue weighted by atomic mass is 32.2. The van der Waals surface area contributed by atoms with Gasteiger partial charge in [-0.1, -0.05) is 13.5 Å². The van der Waals surface area contributed by atoms with E-state index in [-0.39, 0.29) is 59.5 Å². The SMILES string of the molecule is C=CC(=O)N1CCN(c2nc(=O)n3c4c(c(-c5c(F)cc(F)c6[nH]c(=O)[nH]c56)c(C(F)(F)F)cc24)SC[C@@H]3CC)CC1. The maximum atomic E-state index is 15.5. The van der Waals surface area contributed by atoms with Crippen molar-refractivity contribution in [3.05, 3.63) is 63.0 Å². The van der Waals surface area contributed by atoms with Crippen LogP contribution >= 0.6 is 11.8 Å². The quantitative estimate of drug-likeness (QED) is 0.263. The number of rotatable bonds is 4. The number of anilines is 1. The standard InChI is InChI=1S/C27H23F5N6O3S/c1-3-12-11-42-23-18(19-15(28)10-16(29)20-21(19)34-25(40)33-20)14(27(30,31)32)9-13-22(23)38(12)26(41)35-24(13)37-7-5-36(6-8-37)17(39)4-2/h4,9-10,12H,2-3,5-8,11H2,1H3,(H2,33,34,40)/t12-/m0/s1. The molecule has 1 fully saturated rings. The number of carbonyl (C=O) groups is 1. The summed E-state index contributed by atoms with van der Waals surface area (Å²) in [5.74, 6) is -2.52. The zero-order valence-electron chi connectivity index (χ0n) is 22.1. The van der Waals surface area contributed by atoms with Crippen LogP contribution in [0.2, 0.25) is 0 Å². The average molecular weight is 607 g/mol. The van der Waals surface area contributed by atoms with Crippen molar-refractivity contribution in [1.82, 2.24) is 24.4 Å². The van der Waals surface area contributed by atoms with Gasteiger partial charge in [0.2, 0.25) is 5.91 Å². The van der Waals surface area contributed by atoms with Gasteiger partial charge in [0.15, 0.2) is 5.82 Å². The Bertz CT molecular complexity index is 1910. The van der Waals surface area contributed by atoms with Crippen LogP contribution in [0.3, 0.4) is 0 Å². The summed E-state index contributed by atoms with van der Waals surface area (Å²) >= 11 is 1.03. The smallest absolute Gasteiger partial charge is 0.352 e. The van der Waals surface area contributed by atoms with Crippen LogP contribution in [0.25, 0.3) is 33.1 Å². The van der Waals surface area contributed by atoms with Crippen LogP contribution in [0.15, 0.2) is 39.3 Å². The number of thioether (sulfide) groups is 1. The Morgan fingerprint density at radius 1 is 1.10 bits per heavy atom. The maximum Gasteiger partial charge on any atom is 0.417 e. The van der Waals surface area contributed by atoms with E-state index in [0.717, 1.165) is 17.8 Å². The molecule has 1 saturated heterocycles. The average Bonchev–Trinajstić information content (AvgIpc) is 3.35. The molecule has 2 aliphatic heterocycles. The van der Waals surface area contributed by atoms with Gasteiger partial charge in [-0.2, -0.15) is 18.2 Å². The van der Waals surface area contributed by atoms with Crippen molar-refractivity contribution in [1.29, 1.82) is 0 Å². The number of aromatic amines is 2. The Morgan fingerprint density at radius 3 is 2.43 bits per heavy atom. The van der Waals surface area contributed by atoms with E-state index in [4.69, 9.17) is 0 Å². The highest BCUT2D eigenvalue weighted by Gasteiger charge is 2.40. The molecule has 2 N–H and O–H groups in total. The number of fused-ring (bicyclic) bond motifs is 1. The van der Waals surface area contributed by atoms with Crippen molar-refractivity contribution in [2.45, 2.75) is 30.5 Å². The van der Waals surface area contributed by atoms with Gasteiger partial charge < -0.3 is 19.8 Å². The van der Waals surface area contributed by atoms with Gasteiger partial charge in [0.05, 0.1) is 16.6 Å². The lowest BCUT2D eigenvalue weighted by Gasteiger charge is -2.36. The Labute approximate surface area is 238 Å². The number of aromatic nitrogens is 4. The second-order valence-electron chi connectivity index (χ2n) is 10.0. The van der Waals surface area contributed by atoms with Crippen LogP contribution in [0.4, 0.5) is 27.8 Å². The van der Waals surface area contributed by atoms with Gasteiger partial charge in [0.1, 0.15) is 17.2 Å². The van der Waals surface area contributed by atoms with Crippen molar-refractivity contribution in [2.24, 2.45) is 0 Å². The highest BCUT2D eigenvalue weighted by molar-refractivity contribution is 7.99. The summed E-state index contributed by atoms with van der Waals surface area (Å²) in [5, 5.41) is 0.0381. The summed E-state index contributed by atoms with van der Waals surface area (Å²) in [6, 6.07) is 0.859. The summed E-state index contributed by atoms with van der Waals surface area (Å²) in [4.78, 5) is 49.4. The van der Waals surface area contributed by atoms with E-state index in [1.54, 1.807) is 4.90 Å². The second kappa shape index (κ2) is 10.00. The van der Waals surface area contributed by atoms with Gasteiger partial charge >= 0.3 is 17.6 Å². The van der Waals surface area contributed by atoms with Crippen molar-refractivity contribution in [3.63, 3.8) is 0 Å². The molecular weight excluding hydrogens is 583 g/mol. The summed E-state index contributed by atoms with van der Waals surface area (Å²) in [5.41, 5.74) is -4.84. The van der Waals surface area contributed by atoms with Gasteiger partial charge in [-0.3, -0.25) is 9.36 Å². The third-order valence-corrected chi connectivity index (χ3v) is 8.97. The number of hydrogen-bond donors (Lipinski definition) is 2. The fraction of sp³-hybridized carbons (Fsp3) is 0.333. The van der Waals surface area contributed by atoms with Crippen molar-refractivity contribution in [2.75, 3.05) is 36.8 Å². The van der Waals surface area contributed by atoms with Crippen LogP contribution < -0.4 is 16.3 Å². The van der Waals surface area contributed by atoms with Crippen LogP contribution in [0.1, 0.15) is 24.9 Å². The Hall–Kier alpha value is -4.14. The van der Waals surface area contributed by atoms with Crippen molar-refractivity contribution in [3.8, 4) is 11.1 Å². The third kappa shape index (κ3) is 4.28. The number of benzene rings is 2. The van der Waals surface area contributed by atoms with Gasteiger partial charge in [-0.25, -0.2) is 18.4 Å². The predicted molar refractivity (Wildman–Crippen MR) is 148 cm³/mol. The molecule has 42 heavy (non-hydrogen) atoms. The number of imidazole rings is 1. The van der Waals surface area contributed by atoms with E-state index in [9.17, 15) is 31.9 Å². The molecule has 220 valence electrons. The molecule has 0 bridgehead atoms. The first kappa shape index (κ1) is 28.0. The molecule has 4 heterocycles. The summed E-state index contributed by atoms with van der Waals surface area (Å²) in [6.07, 6.45) is -3.37. The number of amides is 1. The molecule has 15 heteroatoms. The van der Waals surface area contributed by atoms with Crippen LogP contribution in [-0.2, 0) is 11.0 Å². The summed E-state index contributed by atoms with van der Waals surface area (Å²) in [7, 11) is 0.